The third-order valence-electron chi connectivity index (χ3n) is 9.68. The van der Waals surface area contributed by atoms with Crippen molar-refractivity contribution in [2.45, 2.75) is 55.5 Å². The minimum Gasteiger partial charge on any atom is -0.396 e. The lowest BCUT2D eigenvalue weighted by atomic mass is 9.86. The molecule has 1 fully saturated rings. The number of anilines is 1. The fourth-order valence-corrected chi connectivity index (χ4v) is 8.52. The lowest BCUT2D eigenvalue weighted by molar-refractivity contribution is -0.142. The lowest BCUT2D eigenvalue weighted by Gasteiger charge is -2.22. The Bertz CT molecular complexity index is 2540. The van der Waals surface area contributed by atoms with Gasteiger partial charge in [-0.25, -0.2) is 22.2 Å². The van der Waals surface area contributed by atoms with Crippen molar-refractivity contribution in [3.63, 3.8) is 0 Å². The maximum Gasteiger partial charge on any atom is 0.435 e. The number of pyridine rings is 1. The van der Waals surface area contributed by atoms with Crippen LogP contribution in [0, 0.1) is 28.9 Å². The van der Waals surface area contributed by atoms with Gasteiger partial charge in [-0.2, -0.15) is 37.4 Å². The number of Topliss-reactive ketones (excluding diaryl/α,β-unsaturated/α-hetero) is 1. The van der Waals surface area contributed by atoms with E-state index in [0.29, 0.717) is 21.8 Å². The number of fused-ring (bicyclic) bond motifs is 4. The Morgan fingerprint density at radius 1 is 1.13 bits per heavy atom. The van der Waals surface area contributed by atoms with Gasteiger partial charge < -0.3 is 5.73 Å². The normalized spacial score (nSPS) is 18.0. The second-order valence-corrected chi connectivity index (χ2v) is 16.2. The number of nitriles is 1. The van der Waals surface area contributed by atoms with Crippen LogP contribution in [0.25, 0.3) is 22.0 Å². The molecule has 54 heavy (non-hydrogen) atoms. The van der Waals surface area contributed by atoms with E-state index >= 15 is 8.78 Å². The van der Waals surface area contributed by atoms with E-state index < -0.39 is 92.8 Å². The van der Waals surface area contributed by atoms with E-state index in [9.17, 15) is 40.4 Å². The van der Waals surface area contributed by atoms with Gasteiger partial charge in [-0.1, -0.05) is 17.7 Å². The zero-order valence-corrected chi connectivity index (χ0v) is 29.7. The first-order valence-electron chi connectivity index (χ1n) is 16.2. The number of rotatable bonds is 10. The monoisotopic (exact) mass is 793 g/mol. The Hall–Kier alpha value is -5.02. The predicted molar refractivity (Wildman–Crippen MR) is 181 cm³/mol. The molecular formula is C35H27ClF7N7O3S. The van der Waals surface area contributed by atoms with Crippen LogP contribution in [0.15, 0.2) is 36.4 Å². The number of benzene rings is 2. The minimum atomic E-state index is -5.07. The number of carbonyl (C=O) groups excluding carboxylic acids is 1. The number of alkyl halides is 5. The molecule has 1 saturated carbocycles. The highest BCUT2D eigenvalue weighted by molar-refractivity contribution is 7.89. The molecule has 2 aliphatic rings. The maximum atomic E-state index is 15.3. The fraction of sp³-hybridized carbons (Fsp3) is 0.343. The molecule has 282 valence electrons. The quantitative estimate of drug-likeness (QED) is 0.149. The Morgan fingerprint density at radius 3 is 2.44 bits per heavy atom. The van der Waals surface area contributed by atoms with E-state index in [1.807, 2.05) is 6.07 Å². The van der Waals surface area contributed by atoms with Crippen molar-refractivity contribution in [1.82, 2.24) is 24.5 Å². The summed E-state index contributed by atoms with van der Waals surface area (Å²) in [6.45, 7) is -1.00. The average Bonchev–Trinajstić information content (AvgIpc) is 3.58. The van der Waals surface area contributed by atoms with Gasteiger partial charge in [0.25, 0.3) is 5.92 Å². The van der Waals surface area contributed by atoms with Gasteiger partial charge in [0, 0.05) is 59.7 Å². The third-order valence-corrected chi connectivity index (χ3v) is 10.8. The molecule has 2 N–H and O–H groups in total. The summed E-state index contributed by atoms with van der Waals surface area (Å²) in [5.74, 6) is -10.5. The maximum absolute atomic E-state index is 15.3. The molecule has 0 radical (unpaired) electrons. The van der Waals surface area contributed by atoms with E-state index in [4.69, 9.17) is 17.3 Å². The van der Waals surface area contributed by atoms with Crippen LogP contribution in [-0.4, -0.2) is 45.0 Å². The van der Waals surface area contributed by atoms with E-state index in [0.717, 1.165) is 18.4 Å². The first kappa shape index (κ1) is 37.3. The third kappa shape index (κ3) is 6.57. The molecule has 10 nitrogen and oxygen atoms in total. The summed E-state index contributed by atoms with van der Waals surface area (Å²) in [6, 6.07) is 8.79. The highest BCUT2D eigenvalue weighted by Crippen LogP contribution is 2.68. The molecule has 0 bridgehead atoms. The molecule has 5 aromatic rings. The zero-order valence-electron chi connectivity index (χ0n) is 28.1. The summed E-state index contributed by atoms with van der Waals surface area (Å²) in [4.78, 5) is 18.3. The topological polar surface area (TPSA) is 150 Å². The van der Waals surface area contributed by atoms with Crippen molar-refractivity contribution >= 4 is 43.8 Å². The number of nitrogens with zero attached hydrogens (tertiary/aromatic N) is 6. The molecule has 3 atom stereocenters. The summed E-state index contributed by atoms with van der Waals surface area (Å²) < 4.78 is 128. The Morgan fingerprint density at radius 2 is 1.81 bits per heavy atom. The van der Waals surface area contributed by atoms with Crippen LogP contribution in [0.1, 0.15) is 64.3 Å². The van der Waals surface area contributed by atoms with Crippen LogP contribution in [0.2, 0.25) is 5.02 Å². The number of aromatic nitrogens is 5. The van der Waals surface area contributed by atoms with E-state index in [1.54, 1.807) is 0 Å². The van der Waals surface area contributed by atoms with Crippen LogP contribution < -0.4 is 5.73 Å². The van der Waals surface area contributed by atoms with Gasteiger partial charge in [-0.3, -0.25) is 14.2 Å². The van der Waals surface area contributed by atoms with Gasteiger partial charge in [0.2, 0.25) is 0 Å². The van der Waals surface area contributed by atoms with Crippen LogP contribution >= 0.6 is 11.6 Å². The molecule has 0 aliphatic heterocycles. The van der Waals surface area contributed by atoms with Gasteiger partial charge in [0.1, 0.15) is 29.9 Å². The predicted octanol–water partition coefficient (Wildman–Crippen LogP) is 6.98. The van der Waals surface area contributed by atoms with Crippen molar-refractivity contribution in [3.8, 4) is 17.2 Å². The van der Waals surface area contributed by atoms with Crippen molar-refractivity contribution in [1.29, 1.82) is 5.26 Å². The molecule has 0 unspecified atom stereocenters. The second-order valence-electron chi connectivity index (χ2n) is 13.7. The molecule has 19 heteroatoms. The number of ketones is 1. The molecule has 0 saturated heterocycles. The van der Waals surface area contributed by atoms with Crippen molar-refractivity contribution in [3.05, 3.63) is 92.7 Å². The largest absolute Gasteiger partial charge is 0.435 e. The Balaban J connectivity index is 1.37. The number of carbonyl (C=O) groups is 1. The molecule has 2 aliphatic carbocycles. The van der Waals surface area contributed by atoms with Crippen molar-refractivity contribution in [2.24, 2.45) is 13.0 Å². The van der Waals surface area contributed by atoms with Gasteiger partial charge in [-0.05, 0) is 48.6 Å². The molecule has 0 amide bonds. The zero-order chi connectivity index (χ0) is 39.2. The molecule has 0 spiro atoms. The Labute approximate surface area is 307 Å². The number of hydrogen-bond donors (Lipinski definition) is 1. The van der Waals surface area contributed by atoms with Gasteiger partial charge in [0.05, 0.1) is 33.4 Å². The van der Waals surface area contributed by atoms with Crippen LogP contribution in [0.4, 0.5) is 36.4 Å². The average molecular weight is 794 g/mol. The number of halogens is 8. The van der Waals surface area contributed by atoms with E-state index in [-0.39, 0.29) is 57.1 Å². The number of hydrogen-bond acceptors (Lipinski definition) is 8. The number of nitrogen functional groups attached to an aromatic ring is 1. The summed E-state index contributed by atoms with van der Waals surface area (Å²) in [5, 5.41) is 18.1. The second kappa shape index (κ2) is 12.8. The van der Waals surface area contributed by atoms with Gasteiger partial charge in [-0.15, -0.1) is 0 Å². The summed E-state index contributed by atoms with van der Waals surface area (Å²) in [5.41, 5.74) is 3.57. The molecular weight excluding hydrogens is 767 g/mol. The van der Waals surface area contributed by atoms with Crippen LogP contribution in [0.3, 0.4) is 0 Å². The Kier molecular flexibility index (Phi) is 8.84. The molecule has 3 aromatic heterocycles. The highest BCUT2D eigenvalue weighted by atomic mass is 35.5. The first-order chi connectivity index (χ1) is 25.2. The first-order valence-corrected chi connectivity index (χ1v) is 18.7. The van der Waals surface area contributed by atoms with Gasteiger partial charge >= 0.3 is 6.18 Å². The summed E-state index contributed by atoms with van der Waals surface area (Å²) >= 11 is 6.55. The summed E-state index contributed by atoms with van der Waals surface area (Å²) in [7, 11) is -2.09. The SMILES string of the molecule is Cn1nc(CS(C)(=O)=O)c2c(Cl)ccc(-c3cc(N)c(C#N)nc3[C@@H](CC(=O)Cn3nc(C(F)(F)F)c4c3C(F)(F)[C@@H]3C[C@H]43)Cc3cc(F)cc(F)c3)c21. The molecule has 2 aromatic carbocycles. The molecule has 7 rings (SSSR count). The fourth-order valence-electron chi connectivity index (χ4n) is 7.56. The lowest BCUT2D eigenvalue weighted by Crippen LogP contribution is -2.24. The van der Waals surface area contributed by atoms with E-state index in [2.05, 4.69) is 15.2 Å². The smallest absolute Gasteiger partial charge is 0.396 e. The number of nitrogens with two attached hydrogens (primary N) is 1. The van der Waals surface area contributed by atoms with Crippen molar-refractivity contribution < 1.29 is 43.9 Å². The highest BCUT2D eigenvalue weighted by Gasteiger charge is 2.68. The van der Waals surface area contributed by atoms with E-state index in [1.165, 1.54) is 29.9 Å². The number of aryl methyl sites for hydroxylation is 1. The van der Waals surface area contributed by atoms with Crippen LogP contribution in [0.5, 0.6) is 0 Å². The van der Waals surface area contributed by atoms with Crippen molar-refractivity contribution in [2.75, 3.05) is 12.0 Å². The van der Waals surface area contributed by atoms with Crippen LogP contribution in [-0.2, 0) is 52.5 Å². The number of sulfone groups is 1. The van der Waals surface area contributed by atoms with Gasteiger partial charge in [0.15, 0.2) is 27.0 Å². The minimum absolute atomic E-state index is 0.0246. The molecule has 3 heterocycles. The summed E-state index contributed by atoms with van der Waals surface area (Å²) in [6.07, 6.45) is -5.17. The standard InChI is InChI=1S/C35H27ClF7N7O3S/c1-49-31-20(3-4-24(36)29(31)27(47-49)14-54(2,52)53)21-11-25(45)26(12-44)46-30(21)16(5-15-6-17(37)9-18(38)7-15)8-19(51)13-50-33-28(32(48-50)35(41,42)43)22-10-23(22)34(33,39)40/h3-4,6-7,9,11,16,22-23H,5,8,10,13-14,45H2,1-2H3/t16-,22+,23-/m1/s1.